The van der Waals surface area contributed by atoms with Gasteiger partial charge in [0.05, 0.1) is 51.2 Å². The van der Waals surface area contributed by atoms with E-state index in [0.29, 0.717) is 39.4 Å². The number of hydrogen-bond donors (Lipinski definition) is 0. The third kappa shape index (κ3) is 6.63. The topological polar surface area (TPSA) is 60.6 Å². The first kappa shape index (κ1) is 18.3. The first-order valence-electron chi connectivity index (χ1n) is 8.04. The molecule has 2 rings (SSSR count). The zero-order valence-electron chi connectivity index (χ0n) is 13.9. The predicted octanol–water partition coefficient (Wildman–Crippen LogP) is 0.859. The van der Waals surface area contributed by atoms with Gasteiger partial charge in [0.2, 0.25) is 7.28 Å². The number of carbonyl (C=O) groups excluding carboxylic acids is 1. The lowest BCUT2D eigenvalue weighted by atomic mass is 9.64. The molecular weight excluding hydrogens is 302 g/mol. The Morgan fingerprint density at radius 1 is 1.18 bits per heavy atom. The number of carbonyl (C=O) groups is 1. The van der Waals surface area contributed by atoms with Crippen LogP contribution in [0.15, 0.2) is 0 Å². The minimum Gasteiger partial charge on any atom is -0.378 e. The molecule has 2 fully saturated rings. The molecule has 126 valence electrons. The molecule has 0 radical (unpaired) electrons. The van der Waals surface area contributed by atoms with Gasteiger partial charge < -0.3 is 23.7 Å². The van der Waals surface area contributed by atoms with Crippen LogP contribution in [0.5, 0.6) is 0 Å². The van der Waals surface area contributed by atoms with E-state index in [9.17, 15) is 4.79 Å². The molecule has 0 aromatic rings. The van der Waals surface area contributed by atoms with Crippen molar-refractivity contribution in [2.24, 2.45) is 5.92 Å². The average molecular weight is 330 g/mol. The summed E-state index contributed by atoms with van der Waals surface area (Å²) >= 11 is 0. The maximum absolute atomic E-state index is 12.4. The van der Waals surface area contributed by atoms with E-state index in [1.807, 2.05) is 13.8 Å². The summed E-state index contributed by atoms with van der Waals surface area (Å²) in [6.45, 7) is 9.49. The second kappa shape index (κ2) is 7.72. The average Bonchev–Trinajstić information content (AvgIpc) is 3.35. The number of rotatable bonds is 12. The van der Waals surface area contributed by atoms with Crippen LogP contribution in [-0.2, 0) is 23.7 Å². The van der Waals surface area contributed by atoms with Crippen LogP contribution in [-0.4, -0.2) is 69.5 Å². The first-order chi connectivity index (χ1) is 10.3. The highest BCUT2D eigenvalue weighted by molar-refractivity contribution is 7.18. The van der Waals surface area contributed by atoms with Crippen molar-refractivity contribution in [3.63, 3.8) is 0 Å². The molecular formula is C15H28BO5P. The van der Waals surface area contributed by atoms with Gasteiger partial charge in [-0.05, 0) is 19.5 Å². The van der Waals surface area contributed by atoms with E-state index < -0.39 is 0 Å². The van der Waals surface area contributed by atoms with Gasteiger partial charge in [-0.3, -0.25) is 0 Å². The van der Waals surface area contributed by atoms with Crippen LogP contribution in [0.4, 0.5) is 0 Å². The monoisotopic (exact) mass is 330 g/mol. The number of epoxide rings is 2. The molecule has 0 aliphatic carbocycles. The predicted molar refractivity (Wildman–Crippen MR) is 90.0 cm³/mol. The third-order valence-electron chi connectivity index (χ3n) is 4.03. The Bertz CT molecular complexity index is 358. The van der Waals surface area contributed by atoms with Crippen molar-refractivity contribution in [2.75, 3.05) is 39.6 Å². The van der Waals surface area contributed by atoms with Crippen molar-refractivity contribution in [3.8, 4) is 0 Å². The molecule has 0 N–H and O–H groups in total. The summed E-state index contributed by atoms with van der Waals surface area (Å²) in [5.41, 5.74) is 0.388. The Balaban J connectivity index is 1.72. The molecule has 0 amide bonds. The smallest absolute Gasteiger partial charge is 0.206 e. The normalized spacial score (nSPS) is 32.4. The molecule has 2 heterocycles. The highest BCUT2D eigenvalue weighted by Gasteiger charge is 2.41. The fourth-order valence-corrected chi connectivity index (χ4v) is 2.22. The van der Waals surface area contributed by atoms with Gasteiger partial charge in [-0.2, -0.15) is 0 Å². The molecule has 2 aliphatic heterocycles. The van der Waals surface area contributed by atoms with Gasteiger partial charge in [-0.1, -0.05) is 13.2 Å². The Hall–Kier alpha value is 0.00494. The largest absolute Gasteiger partial charge is 0.378 e. The molecule has 0 bridgehead atoms. The van der Waals surface area contributed by atoms with Crippen molar-refractivity contribution in [2.45, 2.75) is 44.0 Å². The third-order valence-corrected chi connectivity index (χ3v) is 4.36. The summed E-state index contributed by atoms with van der Waals surface area (Å²) in [5, 5.41) is 0. The van der Waals surface area contributed by atoms with Gasteiger partial charge in [-0.15, -0.1) is 9.24 Å². The van der Waals surface area contributed by atoms with Crippen molar-refractivity contribution in [1.82, 2.24) is 0 Å². The summed E-state index contributed by atoms with van der Waals surface area (Å²) in [4.78, 5) is 12.4. The van der Waals surface area contributed by atoms with Crippen LogP contribution in [0, 0.1) is 5.92 Å². The Labute approximate surface area is 136 Å². The zero-order chi connectivity index (χ0) is 16.2. The van der Waals surface area contributed by atoms with E-state index >= 15 is 0 Å². The maximum Gasteiger partial charge on any atom is 0.206 e. The molecule has 0 saturated carbocycles. The van der Waals surface area contributed by atoms with Gasteiger partial charge in [-0.25, -0.2) is 0 Å². The van der Waals surface area contributed by atoms with Crippen molar-refractivity contribution in [3.05, 3.63) is 0 Å². The molecule has 7 heteroatoms. The molecule has 2 aliphatic rings. The fourth-order valence-electron chi connectivity index (χ4n) is 2.06. The molecule has 4 atom stereocenters. The first-order valence-corrected chi connectivity index (χ1v) is 8.70. The van der Waals surface area contributed by atoms with Crippen LogP contribution in [0.3, 0.4) is 0 Å². The summed E-state index contributed by atoms with van der Waals surface area (Å²) in [5.74, 6) is -0.201. The second-order valence-corrected chi connectivity index (χ2v) is 8.32. The van der Waals surface area contributed by atoms with Gasteiger partial charge in [0.1, 0.15) is 11.2 Å². The van der Waals surface area contributed by atoms with Crippen molar-refractivity contribution >= 4 is 22.2 Å². The van der Waals surface area contributed by atoms with Crippen LogP contribution in [0.2, 0.25) is 6.32 Å². The summed E-state index contributed by atoms with van der Waals surface area (Å²) in [7, 11) is 3.30. The molecule has 22 heavy (non-hydrogen) atoms. The van der Waals surface area contributed by atoms with Crippen molar-refractivity contribution in [1.29, 1.82) is 0 Å². The van der Waals surface area contributed by atoms with Crippen LogP contribution >= 0.6 is 9.24 Å². The molecule has 0 spiro atoms. The van der Waals surface area contributed by atoms with Crippen LogP contribution in [0.1, 0.15) is 20.8 Å². The van der Waals surface area contributed by atoms with Crippen LogP contribution in [0.25, 0.3) is 0 Å². The summed E-state index contributed by atoms with van der Waals surface area (Å²) < 4.78 is 22.0. The Kier molecular flexibility index (Phi) is 6.43. The van der Waals surface area contributed by atoms with Gasteiger partial charge in [0.25, 0.3) is 0 Å². The Morgan fingerprint density at radius 3 is 2.00 bits per heavy atom. The lowest BCUT2D eigenvalue weighted by Gasteiger charge is -2.18. The maximum atomic E-state index is 12.4. The zero-order valence-corrected chi connectivity index (χ0v) is 15.1. The SMILES string of the molecule is CC(P)CBC(=O)C(COCC1(C)CO1)COCC1(C)CO1. The van der Waals surface area contributed by atoms with E-state index in [0.717, 1.165) is 19.5 Å². The van der Waals surface area contributed by atoms with E-state index in [4.69, 9.17) is 18.9 Å². The fraction of sp³-hybridized carbons (Fsp3) is 0.933. The molecule has 5 nitrogen and oxygen atoms in total. The lowest BCUT2D eigenvalue weighted by molar-refractivity contribution is -0.120. The molecule has 0 aromatic heterocycles. The number of hydrogen-bond acceptors (Lipinski definition) is 5. The minimum absolute atomic E-state index is 0.141. The van der Waals surface area contributed by atoms with Gasteiger partial charge in [0.15, 0.2) is 0 Å². The highest BCUT2D eigenvalue weighted by Crippen LogP contribution is 2.27. The quantitative estimate of drug-likeness (QED) is 0.302. The molecule has 2 saturated heterocycles. The second-order valence-electron chi connectivity index (χ2n) is 7.19. The van der Waals surface area contributed by atoms with E-state index in [2.05, 4.69) is 16.2 Å². The standard InChI is InChI=1S/C15H28BO5P/c1-11(22)4-16-13(17)12(5-18-7-14(2)9-20-14)6-19-8-15(3)10-21-15/h11-12,16H,4-10,22H2,1-3H3. The number of ether oxygens (including phenoxy) is 4. The van der Waals surface area contributed by atoms with Gasteiger partial charge >= 0.3 is 0 Å². The summed E-state index contributed by atoms with van der Waals surface area (Å²) in [6, 6.07) is 0. The van der Waals surface area contributed by atoms with Crippen LogP contribution < -0.4 is 0 Å². The molecule has 0 aromatic carbocycles. The lowest BCUT2D eigenvalue weighted by Crippen LogP contribution is -2.32. The van der Waals surface area contributed by atoms with E-state index in [1.165, 1.54) is 0 Å². The van der Waals surface area contributed by atoms with Gasteiger partial charge in [0, 0.05) is 0 Å². The Morgan fingerprint density at radius 2 is 1.64 bits per heavy atom. The molecule has 4 unspecified atom stereocenters. The highest BCUT2D eigenvalue weighted by atomic mass is 31.0. The summed E-state index contributed by atoms with van der Waals surface area (Å²) in [6.07, 6.45) is 0.877. The van der Waals surface area contributed by atoms with E-state index in [1.54, 1.807) is 0 Å². The van der Waals surface area contributed by atoms with E-state index in [-0.39, 0.29) is 22.8 Å². The minimum atomic E-state index is -0.201. The van der Waals surface area contributed by atoms with Crippen molar-refractivity contribution < 1.29 is 23.7 Å².